The van der Waals surface area contributed by atoms with Crippen molar-refractivity contribution in [2.45, 2.75) is 6.54 Å². The van der Waals surface area contributed by atoms with Crippen molar-refractivity contribution >= 4 is 54.6 Å². The number of hydrogen-bond donors (Lipinski definition) is 0. The number of pyridine rings is 1. The monoisotopic (exact) mass is 493 g/mol. The summed E-state index contributed by atoms with van der Waals surface area (Å²) in [6.45, 7) is 0.590. The zero-order valence-corrected chi connectivity index (χ0v) is 18.6. The second-order valence-electron chi connectivity index (χ2n) is 6.84. The molecule has 4 aromatic rings. The second kappa shape index (κ2) is 8.49. The molecule has 0 aliphatic carbocycles. The van der Waals surface area contributed by atoms with Gasteiger partial charge >= 0.3 is 0 Å². The van der Waals surface area contributed by atoms with Gasteiger partial charge in [0.1, 0.15) is 0 Å². The number of aromatic nitrogens is 2. The fourth-order valence-corrected chi connectivity index (χ4v) is 4.71. The number of thiazole rings is 1. The number of amides is 1. The normalized spacial score (nSPS) is 12.5. The van der Waals surface area contributed by atoms with Gasteiger partial charge in [-0.25, -0.2) is 4.98 Å². The van der Waals surface area contributed by atoms with Crippen molar-refractivity contribution in [1.82, 2.24) is 9.97 Å². The Morgan fingerprint density at radius 2 is 2.06 bits per heavy atom. The molecular weight excluding hydrogens is 478 g/mol. The quantitative estimate of drug-likeness (QED) is 0.347. The number of nitrogens with zero attached hydrogens (tertiary/aromatic N) is 3. The largest absolute Gasteiger partial charge is 0.454 e. The van der Waals surface area contributed by atoms with Crippen LogP contribution in [0.15, 0.2) is 71.5 Å². The van der Waals surface area contributed by atoms with Gasteiger partial charge < -0.3 is 9.47 Å². The molecule has 1 amide bonds. The summed E-state index contributed by atoms with van der Waals surface area (Å²) in [6.07, 6.45) is 6.79. The first-order chi connectivity index (χ1) is 15.2. The molecule has 8 heteroatoms. The van der Waals surface area contributed by atoms with Crippen LogP contribution in [0.5, 0.6) is 11.5 Å². The first kappa shape index (κ1) is 19.7. The van der Waals surface area contributed by atoms with Crippen LogP contribution in [-0.4, -0.2) is 22.7 Å². The number of anilines is 1. The van der Waals surface area contributed by atoms with E-state index in [9.17, 15) is 4.79 Å². The van der Waals surface area contributed by atoms with Crippen LogP contribution >= 0.6 is 27.3 Å². The van der Waals surface area contributed by atoms with E-state index in [2.05, 4.69) is 25.9 Å². The Kier molecular flexibility index (Phi) is 5.40. The average Bonchev–Trinajstić information content (AvgIpc) is 3.42. The number of carbonyl (C=O) groups excluding carboxylic acids is 1. The summed E-state index contributed by atoms with van der Waals surface area (Å²) in [6, 6.07) is 15.3. The van der Waals surface area contributed by atoms with E-state index < -0.39 is 0 Å². The predicted molar refractivity (Wildman–Crippen MR) is 124 cm³/mol. The Morgan fingerprint density at radius 1 is 1.16 bits per heavy atom. The van der Waals surface area contributed by atoms with Gasteiger partial charge in [0.15, 0.2) is 16.6 Å². The third kappa shape index (κ3) is 4.30. The number of benzene rings is 2. The van der Waals surface area contributed by atoms with Crippen molar-refractivity contribution < 1.29 is 14.3 Å². The molecule has 5 rings (SSSR count). The molecule has 2 aromatic carbocycles. The van der Waals surface area contributed by atoms with Crippen molar-refractivity contribution in [3.05, 3.63) is 82.6 Å². The van der Waals surface area contributed by atoms with E-state index in [1.54, 1.807) is 29.4 Å². The Morgan fingerprint density at radius 3 is 2.94 bits per heavy atom. The minimum Gasteiger partial charge on any atom is -0.454 e. The SMILES string of the molecule is O=C(/C=C/c1ccc2c(c1)OCO2)N(Cc1cccnc1)c1nc2ccc(Br)cc2s1. The number of hydrogen-bond acceptors (Lipinski definition) is 6. The van der Waals surface area contributed by atoms with Crippen LogP contribution < -0.4 is 14.4 Å². The van der Waals surface area contributed by atoms with Crippen LogP contribution in [0.3, 0.4) is 0 Å². The Hall–Kier alpha value is -3.23. The maximum Gasteiger partial charge on any atom is 0.253 e. The molecule has 0 saturated carbocycles. The molecular formula is C23H16BrN3O3S. The maximum atomic E-state index is 13.2. The summed E-state index contributed by atoms with van der Waals surface area (Å²) in [4.78, 5) is 23.7. The highest BCUT2D eigenvalue weighted by atomic mass is 79.9. The highest BCUT2D eigenvalue weighted by Gasteiger charge is 2.19. The summed E-state index contributed by atoms with van der Waals surface area (Å²) in [7, 11) is 0. The number of halogens is 1. The van der Waals surface area contributed by atoms with Crippen molar-refractivity contribution in [1.29, 1.82) is 0 Å². The molecule has 31 heavy (non-hydrogen) atoms. The summed E-state index contributed by atoms with van der Waals surface area (Å²) >= 11 is 4.97. The van der Waals surface area contributed by atoms with Gasteiger partial charge in [-0.15, -0.1) is 0 Å². The van der Waals surface area contributed by atoms with E-state index in [4.69, 9.17) is 9.47 Å². The van der Waals surface area contributed by atoms with Crippen molar-refractivity contribution in [3.63, 3.8) is 0 Å². The van der Waals surface area contributed by atoms with Gasteiger partial charge in [0, 0.05) is 22.9 Å². The van der Waals surface area contributed by atoms with E-state index in [1.807, 2.05) is 48.5 Å². The van der Waals surface area contributed by atoms with Gasteiger partial charge in [-0.1, -0.05) is 39.4 Å². The van der Waals surface area contributed by atoms with E-state index >= 15 is 0 Å². The van der Waals surface area contributed by atoms with E-state index in [0.717, 1.165) is 25.8 Å². The van der Waals surface area contributed by atoms with Gasteiger partial charge in [-0.3, -0.25) is 14.7 Å². The zero-order chi connectivity index (χ0) is 21.2. The average molecular weight is 494 g/mol. The molecule has 0 N–H and O–H groups in total. The van der Waals surface area contributed by atoms with Gasteiger partial charge in [-0.2, -0.15) is 0 Å². The standard InChI is InChI=1S/C23H16BrN3O3S/c24-17-5-6-18-21(11-17)31-23(26-18)27(13-16-2-1-9-25-12-16)22(28)8-4-15-3-7-19-20(10-15)30-14-29-19/h1-12H,13-14H2/b8-4+. The minimum absolute atomic E-state index is 0.167. The molecule has 0 bridgehead atoms. The topological polar surface area (TPSA) is 64.6 Å². The van der Waals surface area contributed by atoms with E-state index in [0.29, 0.717) is 23.2 Å². The number of fused-ring (bicyclic) bond motifs is 2. The number of carbonyl (C=O) groups is 1. The summed E-state index contributed by atoms with van der Waals surface area (Å²) in [5, 5.41) is 0.636. The van der Waals surface area contributed by atoms with Gasteiger partial charge in [-0.05, 0) is 53.6 Å². The molecule has 2 aromatic heterocycles. The Bertz CT molecular complexity index is 1290. The third-order valence-electron chi connectivity index (χ3n) is 4.71. The van der Waals surface area contributed by atoms with E-state index in [1.165, 1.54) is 11.3 Å². The summed E-state index contributed by atoms with van der Waals surface area (Å²) < 4.78 is 12.7. The molecule has 6 nitrogen and oxygen atoms in total. The predicted octanol–water partition coefficient (Wildman–Crippen LogP) is 5.43. The van der Waals surface area contributed by atoms with Crippen LogP contribution in [0.2, 0.25) is 0 Å². The summed E-state index contributed by atoms with van der Waals surface area (Å²) in [5.41, 5.74) is 2.63. The van der Waals surface area contributed by atoms with Gasteiger partial charge in [0.2, 0.25) is 6.79 Å². The van der Waals surface area contributed by atoms with Crippen LogP contribution in [0, 0.1) is 0 Å². The fraction of sp³-hybridized carbons (Fsp3) is 0.0870. The van der Waals surface area contributed by atoms with Crippen LogP contribution in [0.1, 0.15) is 11.1 Å². The minimum atomic E-state index is -0.167. The lowest BCUT2D eigenvalue weighted by Crippen LogP contribution is -2.28. The van der Waals surface area contributed by atoms with Crippen molar-refractivity contribution in [2.24, 2.45) is 0 Å². The second-order valence-corrected chi connectivity index (χ2v) is 8.76. The van der Waals surface area contributed by atoms with Crippen LogP contribution in [0.25, 0.3) is 16.3 Å². The molecule has 0 fully saturated rings. The first-order valence-electron chi connectivity index (χ1n) is 9.50. The molecule has 154 valence electrons. The van der Waals surface area contributed by atoms with Gasteiger partial charge in [0.05, 0.1) is 16.8 Å². The van der Waals surface area contributed by atoms with E-state index in [-0.39, 0.29) is 12.7 Å². The molecule has 0 unspecified atom stereocenters. The lowest BCUT2D eigenvalue weighted by atomic mass is 10.2. The zero-order valence-electron chi connectivity index (χ0n) is 16.2. The molecule has 3 heterocycles. The molecule has 1 aliphatic heterocycles. The highest BCUT2D eigenvalue weighted by molar-refractivity contribution is 9.10. The molecule has 0 saturated heterocycles. The molecule has 0 radical (unpaired) electrons. The summed E-state index contributed by atoms with van der Waals surface area (Å²) in [5.74, 6) is 1.22. The van der Waals surface area contributed by atoms with Crippen molar-refractivity contribution in [3.8, 4) is 11.5 Å². The van der Waals surface area contributed by atoms with Crippen LogP contribution in [-0.2, 0) is 11.3 Å². The molecule has 0 spiro atoms. The number of ether oxygens (including phenoxy) is 2. The molecule has 1 aliphatic rings. The van der Waals surface area contributed by atoms with Crippen molar-refractivity contribution in [2.75, 3.05) is 11.7 Å². The number of rotatable bonds is 5. The Balaban J connectivity index is 1.46. The maximum absolute atomic E-state index is 13.2. The smallest absolute Gasteiger partial charge is 0.253 e. The van der Waals surface area contributed by atoms with Gasteiger partial charge in [0.25, 0.3) is 5.91 Å². The molecule has 0 atom stereocenters. The highest BCUT2D eigenvalue weighted by Crippen LogP contribution is 2.34. The Labute approximate surface area is 190 Å². The third-order valence-corrected chi connectivity index (χ3v) is 6.25. The lowest BCUT2D eigenvalue weighted by molar-refractivity contribution is -0.114. The first-order valence-corrected chi connectivity index (χ1v) is 11.1. The lowest BCUT2D eigenvalue weighted by Gasteiger charge is -2.18. The van der Waals surface area contributed by atoms with Crippen LogP contribution in [0.4, 0.5) is 5.13 Å². The fourth-order valence-electron chi connectivity index (χ4n) is 3.19.